The van der Waals surface area contributed by atoms with Gasteiger partial charge in [0, 0.05) is 30.7 Å². The van der Waals surface area contributed by atoms with E-state index in [9.17, 15) is 0 Å². The van der Waals surface area contributed by atoms with Crippen LogP contribution in [0.4, 0.5) is 28.8 Å². The number of aromatic nitrogens is 2. The molecule has 0 amide bonds. The molecule has 0 spiro atoms. The standard InChI is InChI=1S/C22H25N5O/c1-28-20-8-4-3-7-19(20)25-21-13-14-23-22(26-21)24-17-9-11-18(12-10-17)27-15-5-2-6-16-27/h3-4,7-14H,2,5-6,15-16H2,1H3,(H2,23,24,25,26). The Morgan fingerprint density at radius 3 is 2.46 bits per heavy atom. The summed E-state index contributed by atoms with van der Waals surface area (Å²) in [5.74, 6) is 2.02. The molecule has 0 saturated carbocycles. The molecule has 1 aromatic heterocycles. The van der Waals surface area contributed by atoms with Crippen LogP contribution in [0.1, 0.15) is 19.3 Å². The van der Waals surface area contributed by atoms with Crippen molar-refractivity contribution in [1.29, 1.82) is 0 Å². The smallest absolute Gasteiger partial charge is 0.229 e. The van der Waals surface area contributed by atoms with Gasteiger partial charge in [-0.1, -0.05) is 12.1 Å². The average molecular weight is 375 g/mol. The molecule has 0 radical (unpaired) electrons. The molecule has 28 heavy (non-hydrogen) atoms. The quantitative estimate of drug-likeness (QED) is 0.635. The van der Waals surface area contributed by atoms with Gasteiger partial charge in [0.25, 0.3) is 0 Å². The van der Waals surface area contributed by atoms with Crippen molar-refractivity contribution in [3.63, 3.8) is 0 Å². The monoisotopic (exact) mass is 375 g/mol. The van der Waals surface area contributed by atoms with Crippen molar-refractivity contribution in [2.45, 2.75) is 19.3 Å². The van der Waals surface area contributed by atoms with Crippen LogP contribution in [-0.4, -0.2) is 30.2 Å². The number of benzene rings is 2. The lowest BCUT2D eigenvalue weighted by atomic mass is 10.1. The molecular formula is C22H25N5O. The van der Waals surface area contributed by atoms with Gasteiger partial charge in [0.1, 0.15) is 11.6 Å². The molecule has 0 unspecified atom stereocenters. The predicted molar refractivity (Wildman–Crippen MR) is 114 cm³/mol. The van der Waals surface area contributed by atoms with Gasteiger partial charge in [-0.25, -0.2) is 4.98 Å². The van der Waals surface area contributed by atoms with Crippen LogP contribution >= 0.6 is 0 Å². The van der Waals surface area contributed by atoms with Gasteiger partial charge in [-0.2, -0.15) is 4.98 Å². The van der Waals surface area contributed by atoms with Crippen LogP contribution < -0.4 is 20.3 Å². The minimum absolute atomic E-state index is 0.547. The number of methoxy groups -OCH3 is 1. The summed E-state index contributed by atoms with van der Waals surface area (Å²) in [5, 5.41) is 6.56. The molecule has 2 aromatic carbocycles. The molecule has 0 aliphatic carbocycles. The molecule has 4 rings (SSSR count). The lowest BCUT2D eigenvalue weighted by molar-refractivity contribution is 0.417. The number of piperidine rings is 1. The maximum atomic E-state index is 5.38. The number of ether oxygens (including phenoxy) is 1. The van der Waals surface area contributed by atoms with Gasteiger partial charge in [-0.05, 0) is 61.7 Å². The lowest BCUT2D eigenvalue weighted by Crippen LogP contribution is -2.29. The number of para-hydroxylation sites is 2. The molecule has 2 heterocycles. The minimum atomic E-state index is 0.547. The maximum absolute atomic E-state index is 5.38. The molecule has 1 saturated heterocycles. The van der Waals surface area contributed by atoms with Gasteiger partial charge in [-0.15, -0.1) is 0 Å². The summed E-state index contributed by atoms with van der Waals surface area (Å²) in [6, 6.07) is 18.0. The molecule has 6 heteroatoms. The SMILES string of the molecule is COc1ccccc1Nc1ccnc(Nc2ccc(N3CCCCC3)cc2)n1. The zero-order valence-corrected chi connectivity index (χ0v) is 16.1. The van der Waals surface area contributed by atoms with Crippen molar-refractivity contribution in [2.24, 2.45) is 0 Å². The van der Waals surface area contributed by atoms with Gasteiger partial charge >= 0.3 is 0 Å². The Hall–Kier alpha value is -3.28. The third-order valence-electron chi connectivity index (χ3n) is 4.87. The van der Waals surface area contributed by atoms with Crippen LogP contribution in [0.3, 0.4) is 0 Å². The summed E-state index contributed by atoms with van der Waals surface area (Å²) < 4.78 is 5.38. The number of rotatable bonds is 6. The Morgan fingerprint density at radius 1 is 0.893 bits per heavy atom. The molecule has 0 bridgehead atoms. The summed E-state index contributed by atoms with van der Waals surface area (Å²) in [4.78, 5) is 11.3. The summed E-state index contributed by atoms with van der Waals surface area (Å²) >= 11 is 0. The largest absolute Gasteiger partial charge is 0.495 e. The van der Waals surface area contributed by atoms with E-state index in [1.165, 1.54) is 24.9 Å². The number of nitrogens with one attached hydrogen (secondary N) is 2. The fourth-order valence-electron chi connectivity index (χ4n) is 3.41. The van der Waals surface area contributed by atoms with Crippen molar-refractivity contribution in [1.82, 2.24) is 9.97 Å². The Kier molecular flexibility index (Phi) is 5.56. The van der Waals surface area contributed by atoms with E-state index in [0.29, 0.717) is 11.8 Å². The highest BCUT2D eigenvalue weighted by molar-refractivity contribution is 5.65. The zero-order valence-electron chi connectivity index (χ0n) is 16.1. The molecule has 1 aliphatic rings. The molecule has 0 atom stereocenters. The maximum Gasteiger partial charge on any atom is 0.229 e. The van der Waals surface area contributed by atoms with Crippen molar-refractivity contribution in [3.8, 4) is 5.75 Å². The van der Waals surface area contributed by atoms with E-state index in [4.69, 9.17) is 4.74 Å². The fourth-order valence-corrected chi connectivity index (χ4v) is 3.41. The van der Waals surface area contributed by atoms with Crippen LogP contribution in [0.5, 0.6) is 5.75 Å². The second kappa shape index (κ2) is 8.61. The van der Waals surface area contributed by atoms with Crippen LogP contribution in [0.25, 0.3) is 0 Å². The van der Waals surface area contributed by atoms with E-state index >= 15 is 0 Å². The second-order valence-electron chi connectivity index (χ2n) is 6.81. The van der Waals surface area contributed by atoms with E-state index in [2.05, 4.69) is 49.8 Å². The Bertz CT molecular complexity index is 907. The van der Waals surface area contributed by atoms with Crippen LogP contribution in [0.2, 0.25) is 0 Å². The molecule has 6 nitrogen and oxygen atoms in total. The normalized spacial score (nSPS) is 13.8. The summed E-state index contributed by atoms with van der Waals surface area (Å²) in [6.45, 7) is 2.29. The fraction of sp³-hybridized carbons (Fsp3) is 0.273. The summed E-state index contributed by atoms with van der Waals surface area (Å²) in [6.07, 6.45) is 5.63. The first-order valence-electron chi connectivity index (χ1n) is 9.67. The third-order valence-corrected chi connectivity index (χ3v) is 4.87. The summed E-state index contributed by atoms with van der Waals surface area (Å²) in [5.41, 5.74) is 3.11. The summed E-state index contributed by atoms with van der Waals surface area (Å²) in [7, 11) is 1.65. The third kappa shape index (κ3) is 4.34. The molecule has 144 valence electrons. The first kappa shape index (κ1) is 18.1. The van der Waals surface area contributed by atoms with Crippen molar-refractivity contribution in [2.75, 3.05) is 35.7 Å². The minimum Gasteiger partial charge on any atom is -0.495 e. The Labute approximate surface area is 165 Å². The highest BCUT2D eigenvalue weighted by atomic mass is 16.5. The van der Waals surface area contributed by atoms with Crippen LogP contribution in [0.15, 0.2) is 60.8 Å². The molecular weight excluding hydrogens is 350 g/mol. The van der Waals surface area contributed by atoms with Crippen molar-refractivity contribution < 1.29 is 4.74 Å². The molecule has 1 fully saturated rings. The highest BCUT2D eigenvalue weighted by Crippen LogP contribution is 2.27. The van der Waals surface area contributed by atoms with E-state index < -0.39 is 0 Å². The van der Waals surface area contributed by atoms with E-state index in [0.717, 1.165) is 30.2 Å². The average Bonchev–Trinajstić information content (AvgIpc) is 2.76. The Morgan fingerprint density at radius 2 is 1.68 bits per heavy atom. The van der Waals surface area contributed by atoms with Gasteiger partial charge in [0.05, 0.1) is 12.8 Å². The number of anilines is 5. The first-order chi connectivity index (χ1) is 13.8. The highest BCUT2D eigenvalue weighted by Gasteiger charge is 2.11. The van der Waals surface area contributed by atoms with Crippen molar-refractivity contribution >= 4 is 28.8 Å². The molecule has 1 aliphatic heterocycles. The van der Waals surface area contributed by atoms with E-state index in [1.54, 1.807) is 13.3 Å². The van der Waals surface area contributed by atoms with Crippen molar-refractivity contribution in [3.05, 3.63) is 60.8 Å². The van der Waals surface area contributed by atoms with Gasteiger partial charge in [0.2, 0.25) is 5.95 Å². The lowest BCUT2D eigenvalue weighted by Gasteiger charge is -2.28. The van der Waals surface area contributed by atoms with Gasteiger partial charge < -0.3 is 20.3 Å². The number of nitrogens with zero attached hydrogens (tertiary/aromatic N) is 3. The molecule has 3 aromatic rings. The Balaban J connectivity index is 1.44. The first-order valence-corrected chi connectivity index (χ1v) is 9.67. The van der Waals surface area contributed by atoms with Gasteiger partial charge in [-0.3, -0.25) is 0 Å². The van der Waals surface area contributed by atoms with Crippen LogP contribution in [-0.2, 0) is 0 Å². The van der Waals surface area contributed by atoms with E-state index in [-0.39, 0.29) is 0 Å². The van der Waals surface area contributed by atoms with Crippen LogP contribution in [0, 0.1) is 0 Å². The molecule has 2 N–H and O–H groups in total. The number of hydrogen-bond donors (Lipinski definition) is 2. The number of hydrogen-bond acceptors (Lipinski definition) is 6. The topological polar surface area (TPSA) is 62.3 Å². The van der Waals surface area contributed by atoms with Gasteiger partial charge in [0.15, 0.2) is 0 Å². The predicted octanol–water partition coefficient (Wildman–Crippen LogP) is 4.96. The van der Waals surface area contributed by atoms with E-state index in [1.807, 2.05) is 30.3 Å². The second-order valence-corrected chi connectivity index (χ2v) is 6.81. The zero-order chi connectivity index (χ0) is 19.2.